The maximum atomic E-state index is 13.9. The molecule has 0 aliphatic carbocycles. The Morgan fingerprint density at radius 3 is 2.56 bits per heavy atom. The third-order valence-electron chi connectivity index (χ3n) is 5.19. The molecule has 0 amide bonds. The maximum Gasteiger partial charge on any atom is 0.227 e. The lowest BCUT2D eigenvalue weighted by Crippen LogP contribution is -2.24. The molecule has 32 heavy (non-hydrogen) atoms. The van der Waals surface area contributed by atoms with E-state index in [-0.39, 0.29) is 24.4 Å². The zero-order chi connectivity index (χ0) is 22.8. The molecule has 0 fully saturated rings. The van der Waals surface area contributed by atoms with Gasteiger partial charge in [0.05, 0.1) is 16.5 Å². The van der Waals surface area contributed by atoms with E-state index in [1.807, 2.05) is 43.1 Å². The summed E-state index contributed by atoms with van der Waals surface area (Å²) in [6.45, 7) is 2.06. The maximum absolute atomic E-state index is 13.9. The van der Waals surface area contributed by atoms with E-state index in [9.17, 15) is 4.39 Å². The summed E-state index contributed by atoms with van der Waals surface area (Å²) in [6.07, 6.45) is 1.58. The summed E-state index contributed by atoms with van der Waals surface area (Å²) in [5.74, 6) is 0.975. The van der Waals surface area contributed by atoms with Crippen LogP contribution in [0, 0.1) is 5.82 Å². The Morgan fingerprint density at radius 1 is 1.09 bits per heavy atom. The number of nitrogens with two attached hydrogens (primary N) is 2. The average Bonchev–Trinajstić information content (AvgIpc) is 2.77. The second-order valence-corrected chi connectivity index (χ2v) is 7.63. The molecule has 10 heteroatoms. The van der Waals surface area contributed by atoms with Gasteiger partial charge in [0, 0.05) is 18.8 Å². The van der Waals surface area contributed by atoms with Crippen molar-refractivity contribution in [2.75, 3.05) is 23.4 Å². The Labute approximate surface area is 189 Å². The number of hydrogen-bond donors (Lipinski definition) is 2. The van der Waals surface area contributed by atoms with Gasteiger partial charge in [-0.2, -0.15) is 15.0 Å². The van der Waals surface area contributed by atoms with E-state index in [0.29, 0.717) is 33.3 Å². The summed E-state index contributed by atoms with van der Waals surface area (Å²) in [6, 6.07) is 12.0. The molecule has 0 radical (unpaired) electrons. The van der Waals surface area contributed by atoms with Gasteiger partial charge < -0.3 is 21.1 Å². The van der Waals surface area contributed by atoms with Crippen molar-refractivity contribution in [3.8, 4) is 5.75 Å². The molecule has 0 spiro atoms. The molecular formula is C22H21ClFN7O. The van der Waals surface area contributed by atoms with Crippen LogP contribution in [0.15, 0.2) is 48.7 Å². The predicted octanol–water partition coefficient (Wildman–Crippen LogP) is 4.15. The molecule has 4 N–H and O–H groups in total. The largest absolute Gasteiger partial charge is 0.489 e. The minimum atomic E-state index is -0.395. The summed E-state index contributed by atoms with van der Waals surface area (Å²) >= 11 is 6.05. The molecule has 0 aliphatic heterocycles. The third-order valence-corrected chi connectivity index (χ3v) is 5.55. The lowest BCUT2D eigenvalue weighted by molar-refractivity contribution is 0.300. The van der Waals surface area contributed by atoms with Crippen LogP contribution in [0.5, 0.6) is 5.75 Å². The Balaban J connectivity index is 1.48. The van der Waals surface area contributed by atoms with Crippen molar-refractivity contribution < 1.29 is 9.13 Å². The first-order valence-corrected chi connectivity index (χ1v) is 10.2. The van der Waals surface area contributed by atoms with Crippen LogP contribution in [0.25, 0.3) is 11.0 Å². The molecule has 2 aromatic heterocycles. The van der Waals surface area contributed by atoms with Gasteiger partial charge in [-0.25, -0.2) is 9.37 Å². The zero-order valence-corrected chi connectivity index (χ0v) is 18.2. The van der Waals surface area contributed by atoms with Crippen LogP contribution in [0.3, 0.4) is 0 Å². The van der Waals surface area contributed by atoms with Crippen LogP contribution >= 0.6 is 11.6 Å². The fraction of sp³-hybridized carbons (Fsp3) is 0.182. The minimum Gasteiger partial charge on any atom is -0.489 e. The normalized spacial score (nSPS) is 12.0. The Morgan fingerprint density at radius 2 is 1.84 bits per heavy atom. The van der Waals surface area contributed by atoms with Gasteiger partial charge in [0.25, 0.3) is 0 Å². The number of fused-ring (bicyclic) bond motifs is 1. The number of halogens is 2. The van der Waals surface area contributed by atoms with Crippen molar-refractivity contribution in [1.82, 2.24) is 19.9 Å². The fourth-order valence-corrected chi connectivity index (χ4v) is 3.40. The molecule has 0 saturated carbocycles. The third kappa shape index (κ3) is 4.33. The van der Waals surface area contributed by atoms with Gasteiger partial charge in [0.2, 0.25) is 11.9 Å². The van der Waals surface area contributed by atoms with Crippen molar-refractivity contribution >= 4 is 40.3 Å². The number of aromatic nitrogens is 4. The standard InChI is InChI=1S/C22H21ClFN7O/c1-12(31(2)22-27-10-15-19(25)28-21(26)29-20(15)30-22)13-6-8-14(9-7-13)32-11-16-17(23)4-3-5-18(16)24/h3-10,12H,11H2,1-2H3,(H4,25,26,27,28,29,30). The van der Waals surface area contributed by atoms with E-state index in [0.717, 1.165) is 5.56 Å². The van der Waals surface area contributed by atoms with Gasteiger partial charge in [0.1, 0.15) is 24.0 Å². The monoisotopic (exact) mass is 453 g/mol. The Bertz CT molecular complexity index is 1250. The number of nitrogens with zero attached hydrogens (tertiary/aromatic N) is 5. The molecule has 4 rings (SSSR count). The molecule has 0 bridgehead atoms. The van der Waals surface area contributed by atoms with Crippen LogP contribution < -0.4 is 21.1 Å². The van der Waals surface area contributed by atoms with Crippen molar-refractivity contribution in [3.05, 3.63) is 70.6 Å². The average molecular weight is 454 g/mol. The molecule has 0 saturated heterocycles. The quantitative estimate of drug-likeness (QED) is 0.447. The van der Waals surface area contributed by atoms with Crippen LogP contribution in [-0.2, 0) is 6.61 Å². The lowest BCUT2D eigenvalue weighted by atomic mass is 10.1. The topological polar surface area (TPSA) is 116 Å². The van der Waals surface area contributed by atoms with Crippen LogP contribution in [0.1, 0.15) is 24.1 Å². The lowest BCUT2D eigenvalue weighted by Gasteiger charge is -2.25. The van der Waals surface area contributed by atoms with E-state index in [4.69, 9.17) is 27.8 Å². The molecule has 2 aromatic carbocycles. The van der Waals surface area contributed by atoms with Crippen LogP contribution in [-0.4, -0.2) is 27.0 Å². The number of benzene rings is 2. The Hall–Kier alpha value is -3.72. The van der Waals surface area contributed by atoms with E-state index in [1.54, 1.807) is 18.3 Å². The summed E-state index contributed by atoms with van der Waals surface area (Å²) in [7, 11) is 1.88. The smallest absolute Gasteiger partial charge is 0.227 e. The number of nitrogen functional groups attached to an aromatic ring is 2. The van der Waals surface area contributed by atoms with Gasteiger partial charge >= 0.3 is 0 Å². The molecule has 0 aliphatic rings. The Kier molecular flexibility index (Phi) is 5.91. The second kappa shape index (κ2) is 8.80. The number of anilines is 3. The van der Waals surface area contributed by atoms with Crippen molar-refractivity contribution in [2.24, 2.45) is 0 Å². The highest BCUT2D eigenvalue weighted by Gasteiger charge is 2.17. The number of hydrogen-bond acceptors (Lipinski definition) is 8. The highest BCUT2D eigenvalue weighted by atomic mass is 35.5. The predicted molar refractivity (Wildman–Crippen MR) is 123 cm³/mol. The van der Waals surface area contributed by atoms with Crippen LogP contribution in [0.2, 0.25) is 5.02 Å². The van der Waals surface area contributed by atoms with Crippen molar-refractivity contribution in [1.29, 1.82) is 0 Å². The molecule has 2 heterocycles. The van der Waals surface area contributed by atoms with E-state index in [2.05, 4.69) is 19.9 Å². The highest BCUT2D eigenvalue weighted by molar-refractivity contribution is 6.31. The molecule has 1 atom stereocenters. The second-order valence-electron chi connectivity index (χ2n) is 7.22. The summed E-state index contributed by atoms with van der Waals surface area (Å²) < 4.78 is 19.6. The highest BCUT2D eigenvalue weighted by Crippen LogP contribution is 2.27. The van der Waals surface area contributed by atoms with Crippen LogP contribution in [0.4, 0.5) is 22.1 Å². The SMILES string of the molecule is CC(c1ccc(OCc2c(F)cccc2Cl)cc1)N(C)c1ncc2c(N)nc(N)nc2n1. The fourth-order valence-electron chi connectivity index (χ4n) is 3.18. The summed E-state index contributed by atoms with van der Waals surface area (Å²) in [5, 5.41) is 0.876. The van der Waals surface area contributed by atoms with Gasteiger partial charge in [-0.3, -0.25) is 0 Å². The number of rotatable bonds is 6. The van der Waals surface area contributed by atoms with Crippen molar-refractivity contribution in [3.63, 3.8) is 0 Å². The van der Waals surface area contributed by atoms with Gasteiger partial charge in [-0.15, -0.1) is 0 Å². The molecule has 164 valence electrons. The zero-order valence-electron chi connectivity index (χ0n) is 17.5. The van der Waals surface area contributed by atoms with Gasteiger partial charge in [0.15, 0.2) is 5.65 Å². The van der Waals surface area contributed by atoms with Crippen molar-refractivity contribution in [2.45, 2.75) is 19.6 Å². The van der Waals surface area contributed by atoms with E-state index < -0.39 is 5.82 Å². The first kappa shape index (κ1) is 21.5. The minimum absolute atomic E-state index is 0.0410. The summed E-state index contributed by atoms with van der Waals surface area (Å²) in [5.41, 5.74) is 13.3. The van der Waals surface area contributed by atoms with Gasteiger partial charge in [-0.05, 0) is 36.8 Å². The molecule has 8 nitrogen and oxygen atoms in total. The summed E-state index contributed by atoms with van der Waals surface area (Å²) in [4.78, 5) is 18.8. The van der Waals surface area contributed by atoms with Gasteiger partial charge in [-0.1, -0.05) is 29.8 Å². The number of ether oxygens (including phenoxy) is 1. The molecule has 1 unspecified atom stereocenters. The molecular weight excluding hydrogens is 433 g/mol. The first-order valence-electron chi connectivity index (χ1n) is 9.77. The molecule has 4 aromatic rings. The first-order chi connectivity index (χ1) is 15.3. The van der Waals surface area contributed by atoms with E-state index in [1.165, 1.54) is 6.07 Å². The van der Waals surface area contributed by atoms with E-state index >= 15 is 0 Å².